The molecule has 118 valence electrons. The lowest BCUT2D eigenvalue weighted by atomic mass is 10.3. The van der Waals surface area contributed by atoms with Crippen LogP contribution in [0.1, 0.15) is 13.3 Å². The van der Waals surface area contributed by atoms with Crippen molar-refractivity contribution < 1.29 is 13.9 Å². The van der Waals surface area contributed by atoms with Crippen LogP contribution in [-0.4, -0.2) is 45.9 Å². The van der Waals surface area contributed by atoms with Crippen LogP contribution in [0.3, 0.4) is 0 Å². The minimum Gasteiger partial charge on any atom is -0.494 e. The lowest BCUT2D eigenvalue weighted by molar-refractivity contribution is 0.203. The van der Waals surface area contributed by atoms with Gasteiger partial charge in [-0.05, 0) is 31.2 Å². The zero-order chi connectivity index (χ0) is 15.3. The summed E-state index contributed by atoms with van der Waals surface area (Å²) < 4.78 is 23.2. The highest BCUT2D eigenvalue weighted by atomic mass is 19.1. The van der Waals surface area contributed by atoms with E-state index in [2.05, 4.69) is 15.6 Å². The zero-order valence-corrected chi connectivity index (χ0v) is 12.7. The summed E-state index contributed by atoms with van der Waals surface area (Å²) in [7, 11) is 1.67. The van der Waals surface area contributed by atoms with E-state index in [0.717, 1.165) is 18.9 Å². The van der Waals surface area contributed by atoms with Gasteiger partial charge >= 0.3 is 0 Å². The van der Waals surface area contributed by atoms with E-state index < -0.39 is 0 Å². The molecular weight excluding hydrogens is 273 g/mol. The van der Waals surface area contributed by atoms with Crippen LogP contribution in [-0.2, 0) is 4.74 Å². The standard InChI is InChI=1S/C15H24FN3O2/c1-3-17-15(19-10-12-20-2)18-9-4-11-21-14-7-5-13(16)6-8-14/h5-8H,3-4,9-12H2,1-2H3,(H2,17,18,19). The van der Waals surface area contributed by atoms with Crippen LogP contribution in [0.25, 0.3) is 0 Å². The SMILES string of the molecule is CCNC(=NCCCOc1ccc(F)cc1)NCCOC. The topological polar surface area (TPSA) is 54.9 Å². The lowest BCUT2D eigenvalue weighted by Gasteiger charge is -2.10. The van der Waals surface area contributed by atoms with Gasteiger partial charge in [-0.3, -0.25) is 4.99 Å². The first kappa shape index (κ1) is 17.2. The van der Waals surface area contributed by atoms with Gasteiger partial charge in [0, 0.05) is 33.2 Å². The molecule has 0 radical (unpaired) electrons. The van der Waals surface area contributed by atoms with Gasteiger partial charge in [-0.25, -0.2) is 4.39 Å². The maximum Gasteiger partial charge on any atom is 0.191 e. The van der Waals surface area contributed by atoms with Gasteiger partial charge in [-0.1, -0.05) is 0 Å². The Morgan fingerprint density at radius 1 is 1.19 bits per heavy atom. The van der Waals surface area contributed by atoms with E-state index in [9.17, 15) is 4.39 Å². The third-order valence-electron chi connectivity index (χ3n) is 2.60. The fourth-order valence-corrected chi connectivity index (χ4v) is 1.59. The second-order valence-electron chi connectivity index (χ2n) is 4.34. The Balaban J connectivity index is 2.22. The zero-order valence-electron chi connectivity index (χ0n) is 12.7. The van der Waals surface area contributed by atoms with E-state index in [4.69, 9.17) is 9.47 Å². The molecule has 0 saturated heterocycles. The van der Waals surface area contributed by atoms with Gasteiger partial charge in [-0.2, -0.15) is 0 Å². The van der Waals surface area contributed by atoms with E-state index in [1.165, 1.54) is 12.1 Å². The van der Waals surface area contributed by atoms with Crippen LogP contribution in [0.2, 0.25) is 0 Å². The smallest absolute Gasteiger partial charge is 0.191 e. The molecule has 0 bridgehead atoms. The molecule has 0 heterocycles. The van der Waals surface area contributed by atoms with Gasteiger partial charge in [-0.15, -0.1) is 0 Å². The maximum absolute atomic E-state index is 12.7. The Labute approximate surface area is 125 Å². The molecule has 1 aromatic carbocycles. The molecule has 0 aliphatic heterocycles. The number of methoxy groups -OCH3 is 1. The minimum absolute atomic E-state index is 0.260. The Kier molecular flexibility index (Phi) is 8.95. The molecular formula is C15H24FN3O2. The number of rotatable bonds is 9. The summed E-state index contributed by atoms with van der Waals surface area (Å²) in [6.07, 6.45) is 0.790. The van der Waals surface area contributed by atoms with Crippen molar-refractivity contribution in [3.63, 3.8) is 0 Å². The summed E-state index contributed by atoms with van der Waals surface area (Å²) in [5, 5.41) is 6.33. The third-order valence-corrected chi connectivity index (χ3v) is 2.60. The molecule has 0 unspecified atom stereocenters. The molecule has 0 aromatic heterocycles. The van der Waals surface area contributed by atoms with Crippen molar-refractivity contribution in [2.45, 2.75) is 13.3 Å². The molecule has 21 heavy (non-hydrogen) atoms. The van der Waals surface area contributed by atoms with E-state index in [0.29, 0.717) is 32.1 Å². The average molecular weight is 297 g/mol. The quantitative estimate of drug-likeness (QED) is 0.414. The van der Waals surface area contributed by atoms with Crippen molar-refractivity contribution in [2.75, 3.05) is 40.0 Å². The van der Waals surface area contributed by atoms with Crippen LogP contribution >= 0.6 is 0 Å². The fraction of sp³-hybridized carbons (Fsp3) is 0.533. The van der Waals surface area contributed by atoms with Gasteiger partial charge in [0.05, 0.1) is 13.2 Å². The predicted octanol–water partition coefficient (Wildman–Crippen LogP) is 1.80. The number of hydrogen-bond acceptors (Lipinski definition) is 3. The van der Waals surface area contributed by atoms with Gasteiger partial charge in [0.2, 0.25) is 0 Å². The number of nitrogens with zero attached hydrogens (tertiary/aromatic N) is 1. The summed E-state index contributed by atoms with van der Waals surface area (Å²) in [6.45, 7) is 5.39. The van der Waals surface area contributed by atoms with Crippen LogP contribution in [0.15, 0.2) is 29.3 Å². The summed E-state index contributed by atoms with van der Waals surface area (Å²) in [5.74, 6) is 1.19. The van der Waals surface area contributed by atoms with Crippen LogP contribution in [0.5, 0.6) is 5.75 Å². The highest BCUT2D eigenvalue weighted by molar-refractivity contribution is 5.79. The molecule has 1 aromatic rings. The summed E-state index contributed by atoms with van der Waals surface area (Å²) in [4.78, 5) is 4.43. The Morgan fingerprint density at radius 3 is 2.62 bits per heavy atom. The third kappa shape index (κ3) is 8.14. The molecule has 6 heteroatoms. The van der Waals surface area contributed by atoms with Crippen molar-refractivity contribution in [1.29, 1.82) is 0 Å². The largest absolute Gasteiger partial charge is 0.494 e. The number of halogens is 1. The van der Waals surface area contributed by atoms with E-state index in [-0.39, 0.29) is 5.82 Å². The normalized spacial score (nSPS) is 11.3. The molecule has 0 saturated carbocycles. The van der Waals surface area contributed by atoms with E-state index in [1.807, 2.05) is 6.92 Å². The average Bonchev–Trinajstić information content (AvgIpc) is 2.49. The van der Waals surface area contributed by atoms with Crippen molar-refractivity contribution in [2.24, 2.45) is 4.99 Å². The monoisotopic (exact) mass is 297 g/mol. The first-order valence-corrected chi connectivity index (χ1v) is 7.15. The molecule has 0 aliphatic carbocycles. The van der Waals surface area contributed by atoms with Gasteiger partial charge < -0.3 is 20.1 Å². The second-order valence-corrected chi connectivity index (χ2v) is 4.34. The molecule has 1 rings (SSSR count). The summed E-state index contributed by atoms with van der Waals surface area (Å²) in [6, 6.07) is 6.01. The highest BCUT2D eigenvalue weighted by Crippen LogP contribution is 2.10. The van der Waals surface area contributed by atoms with Crippen molar-refractivity contribution in [1.82, 2.24) is 10.6 Å². The van der Waals surface area contributed by atoms with Crippen molar-refractivity contribution in [3.8, 4) is 5.75 Å². The maximum atomic E-state index is 12.7. The minimum atomic E-state index is -0.260. The summed E-state index contributed by atoms with van der Waals surface area (Å²) >= 11 is 0. The second kappa shape index (κ2) is 10.9. The van der Waals surface area contributed by atoms with Crippen LogP contribution in [0, 0.1) is 5.82 Å². The Hall–Kier alpha value is -1.82. The Bertz CT molecular complexity index is 410. The van der Waals surface area contributed by atoms with Crippen LogP contribution < -0.4 is 15.4 Å². The number of hydrogen-bond donors (Lipinski definition) is 2. The number of nitrogens with one attached hydrogen (secondary N) is 2. The number of aliphatic imine (C=N–C) groups is 1. The predicted molar refractivity (Wildman–Crippen MR) is 82.4 cm³/mol. The van der Waals surface area contributed by atoms with E-state index >= 15 is 0 Å². The van der Waals surface area contributed by atoms with Gasteiger partial charge in [0.15, 0.2) is 5.96 Å². The first-order valence-electron chi connectivity index (χ1n) is 7.15. The fourth-order valence-electron chi connectivity index (χ4n) is 1.59. The molecule has 0 atom stereocenters. The molecule has 2 N–H and O–H groups in total. The van der Waals surface area contributed by atoms with E-state index in [1.54, 1.807) is 19.2 Å². The first-order chi connectivity index (χ1) is 10.3. The molecule has 0 spiro atoms. The van der Waals surface area contributed by atoms with Gasteiger partial charge in [0.25, 0.3) is 0 Å². The van der Waals surface area contributed by atoms with Crippen molar-refractivity contribution in [3.05, 3.63) is 30.1 Å². The lowest BCUT2D eigenvalue weighted by Crippen LogP contribution is -2.39. The molecule has 0 aliphatic rings. The number of benzene rings is 1. The van der Waals surface area contributed by atoms with Crippen molar-refractivity contribution >= 4 is 5.96 Å². The van der Waals surface area contributed by atoms with Gasteiger partial charge in [0.1, 0.15) is 11.6 Å². The number of ether oxygens (including phenoxy) is 2. The highest BCUT2D eigenvalue weighted by Gasteiger charge is 1.97. The summed E-state index contributed by atoms with van der Waals surface area (Å²) in [5.41, 5.74) is 0. The Morgan fingerprint density at radius 2 is 1.95 bits per heavy atom. The number of guanidine groups is 1. The molecule has 5 nitrogen and oxygen atoms in total. The molecule has 0 fully saturated rings. The van der Waals surface area contributed by atoms with Crippen LogP contribution in [0.4, 0.5) is 4.39 Å². The molecule has 0 amide bonds.